The fourth-order valence-corrected chi connectivity index (χ4v) is 4.31. The summed E-state index contributed by atoms with van der Waals surface area (Å²) in [5.41, 5.74) is 2.34. The van der Waals surface area contributed by atoms with Crippen molar-refractivity contribution in [1.82, 2.24) is 4.57 Å². The second-order valence-electron chi connectivity index (χ2n) is 7.02. The first-order valence-electron chi connectivity index (χ1n) is 9.79. The van der Waals surface area contributed by atoms with Crippen molar-refractivity contribution < 1.29 is 19.5 Å². The Labute approximate surface area is 182 Å². The maximum atomic E-state index is 13.1. The largest absolute Gasteiger partial charge is 0.481 e. The minimum atomic E-state index is -1.01. The van der Waals surface area contributed by atoms with E-state index in [1.807, 2.05) is 54.6 Å². The number of carbonyl (C=O) groups excluding carboxylic acids is 2. The molecule has 0 aliphatic rings. The van der Waals surface area contributed by atoms with Crippen molar-refractivity contribution in [2.75, 3.05) is 11.1 Å². The lowest BCUT2D eigenvalue weighted by Gasteiger charge is -2.08. The fraction of sp³-hybridized carbons (Fsp3) is 0.125. The number of nitrogens with zero attached hydrogens (tertiary/aromatic N) is 1. The first kappa shape index (κ1) is 20.7. The molecule has 4 aromatic rings. The Bertz CT molecular complexity index is 1240. The highest BCUT2D eigenvalue weighted by Crippen LogP contribution is 2.30. The molecule has 0 atom stereocenters. The van der Waals surface area contributed by atoms with Crippen LogP contribution in [-0.4, -0.2) is 33.2 Å². The molecule has 0 unspecified atom stereocenters. The van der Waals surface area contributed by atoms with Crippen molar-refractivity contribution in [3.8, 4) is 0 Å². The number of benzene rings is 3. The summed E-state index contributed by atoms with van der Waals surface area (Å²) in [4.78, 5) is 36.4. The SMILES string of the molecule is O=C(O)CCC(=O)Nc1cccc(SCC(=O)n2c3ccccc3c3ccccc32)c1. The van der Waals surface area contributed by atoms with E-state index in [1.165, 1.54) is 11.8 Å². The molecule has 3 aromatic carbocycles. The Balaban J connectivity index is 1.49. The molecule has 0 radical (unpaired) electrons. The summed E-state index contributed by atoms with van der Waals surface area (Å²) in [7, 11) is 0. The number of amides is 1. The number of aliphatic carboxylic acids is 1. The summed E-state index contributed by atoms with van der Waals surface area (Å²) in [6, 6.07) is 22.9. The van der Waals surface area contributed by atoms with Crippen LogP contribution in [0.25, 0.3) is 21.8 Å². The zero-order valence-corrected chi connectivity index (χ0v) is 17.4. The molecular weight excluding hydrogens is 412 g/mol. The van der Waals surface area contributed by atoms with Crippen molar-refractivity contribution in [1.29, 1.82) is 0 Å². The van der Waals surface area contributed by atoms with E-state index in [1.54, 1.807) is 22.8 Å². The summed E-state index contributed by atoms with van der Waals surface area (Å²) >= 11 is 1.39. The lowest BCUT2D eigenvalue weighted by molar-refractivity contribution is -0.138. The van der Waals surface area contributed by atoms with Crippen LogP contribution in [0.5, 0.6) is 0 Å². The van der Waals surface area contributed by atoms with Crippen LogP contribution in [0.15, 0.2) is 77.7 Å². The van der Waals surface area contributed by atoms with E-state index < -0.39 is 5.97 Å². The number of rotatable bonds is 7. The van der Waals surface area contributed by atoms with Gasteiger partial charge in [-0.15, -0.1) is 11.8 Å². The quantitative estimate of drug-likeness (QED) is 0.400. The molecule has 0 fully saturated rings. The number of carbonyl (C=O) groups is 3. The molecule has 1 heterocycles. The Hall–Kier alpha value is -3.58. The summed E-state index contributed by atoms with van der Waals surface area (Å²) in [5.74, 6) is -1.16. The molecule has 4 rings (SSSR count). The van der Waals surface area contributed by atoms with Gasteiger partial charge in [0.15, 0.2) is 0 Å². The van der Waals surface area contributed by atoms with E-state index >= 15 is 0 Å². The van der Waals surface area contributed by atoms with Gasteiger partial charge < -0.3 is 10.4 Å². The first-order valence-corrected chi connectivity index (χ1v) is 10.8. The third-order valence-corrected chi connectivity index (χ3v) is 5.85. The topological polar surface area (TPSA) is 88.4 Å². The standard InChI is InChI=1S/C24H20N2O4S/c27-22(12-13-24(29)30)25-16-6-5-7-17(14-16)31-15-23(28)26-20-10-3-1-8-18(20)19-9-2-4-11-21(19)26/h1-11,14H,12-13,15H2,(H,25,27)(H,29,30). The van der Waals surface area contributed by atoms with E-state index in [0.29, 0.717) is 5.69 Å². The third kappa shape index (κ3) is 4.62. The van der Waals surface area contributed by atoms with Gasteiger partial charge in [-0.3, -0.25) is 19.0 Å². The van der Waals surface area contributed by atoms with Gasteiger partial charge in [0.2, 0.25) is 11.8 Å². The van der Waals surface area contributed by atoms with Crippen LogP contribution < -0.4 is 5.32 Å². The Morgan fingerprint density at radius 1 is 0.839 bits per heavy atom. The Morgan fingerprint density at radius 2 is 1.48 bits per heavy atom. The number of nitrogens with one attached hydrogen (secondary N) is 1. The molecule has 0 saturated carbocycles. The molecule has 0 aliphatic carbocycles. The molecular formula is C24H20N2O4S. The van der Waals surface area contributed by atoms with Gasteiger partial charge >= 0.3 is 5.97 Å². The highest BCUT2D eigenvalue weighted by atomic mass is 32.2. The lowest BCUT2D eigenvalue weighted by atomic mass is 10.2. The van der Waals surface area contributed by atoms with Gasteiger partial charge in [0.1, 0.15) is 0 Å². The van der Waals surface area contributed by atoms with Gasteiger partial charge in [-0.05, 0) is 30.3 Å². The number of aromatic nitrogens is 1. The zero-order chi connectivity index (χ0) is 21.8. The third-order valence-electron chi connectivity index (χ3n) is 4.88. The highest BCUT2D eigenvalue weighted by Gasteiger charge is 2.15. The molecule has 1 amide bonds. The van der Waals surface area contributed by atoms with Gasteiger partial charge in [0.05, 0.1) is 23.2 Å². The second-order valence-corrected chi connectivity index (χ2v) is 8.07. The van der Waals surface area contributed by atoms with Crippen molar-refractivity contribution in [2.45, 2.75) is 17.7 Å². The predicted molar refractivity (Wildman–Crippen MR) is 123 cm³/mol. The average Bonchev–Trinajstić information content (AvgIpc) is 3.11. The van der Waals surface area contributed by atoms with Crippen molar-refractivity contribution in [3.05, 3.63) is 72.8 Å². The lowest BCUT2D eigenvalue weighted by Crippen LogP contribution is -2.13. The summed E-state index contributed by atoms with van der Waals surface area (Å²) in [6.07, 6.45) is -0.299. The molecule has 0 spiro atoms. The van der Waals surface area contributed by atoms with E-state index in [-0.39, 0.29) is 30.4 Å². The number of carboxylic acid groups (broad SMARTS) is 1. The van der Waals surface area contributed by atoms with Gasteiger partial charge in [0.25, 0.3) is 0 Å². The summed E-state index contributed by atoms with van der Waals surface area (Å²) in [6.45, 7) is 0. The summed E-state index contributed by atoms with van der Waals surface area (Å²) < 4.78 is 1.76. The van der Waals surface area contributed by atoms with Crippen LogP contribution >= 0.6 is 11.8 Å². The number of thioether (sulfide) groups is 1. The number of anilines is 1. The van der Waals surface area contributed by atoms with Crippen LogP contribution in [0.4, 0.5) is 5.69 Å². The molecule has 0 saturated heterocycles. The predicted octanol–water partition coefficient (Wildman–Crippen LogP) is 5.03. The monoisotopic (exact) mass is 432 g/mol. The molecule has 1 aromatic heterocycles. The molecule has 156 valence electrons. The number of fused-ring (bicyclic) bond motifs is 3. The van der Waals surface area contributed by atoms with Crippen LogP contribution in [0.3, 0.4) is 0 Å². The second kappa shape index (κ2) is 9.06. The van der Waals surface area contributed by atoms with Crippen molar-refractivity contribution in [2.24, 2.45) is 0 Å². The van der Waals surface area contributed by atoms with Crippen molar-refractivity contribution >= 4 is 57.0 Å². The van der Waals surface area contributed by atoms with Gasteiger partial charge in [-0.2, -0.15) is 0 Å². The summed E-state index contributed by atoms with van der Waals surface area (Å²) in [5, 5.41) is 13.5. The van der Waals surface area contributed by atoms with E-state index in [4.69, 9.17) is 5.11 Å². The minimum absolute atomic E-state index is 0.0294. The van der Waals surface area contributed by atoms with Gasteiger partial charge in [-0.25, -0.2) is 0 Å². The van der Waals surface area contributed by atoms with E-state index in [9.17, 15) is 14.4 Å². The Kier molecular flexibility index (Phi) is 6.04. The number of para-hydroxylation sites is 2. The molecule has 0 aliphatic heterocycles. The molecule has 7 heteroatoms. The first-order chi connectivity index (χ1) is 15.0. The average molecular weight is 433 g/mol. The fourth-order valence-electron chi connectivity index (χ4n) is 3.51. The van der Waals surface area contributed by atoms with E-state index in [0.717, 1.165) is 26.7 Å². The number of hydrogen-bond acceptors (Lipinski definition) is 4. The molecule has 0 bridgehead atoms. The van der Waals surface area contributed by atoms with Gasteiger partial charge in [0, 0.05) is 27.8 Å². The number of hydrogen-bond donors (Lipinski definition) is 2. The van der Waals surface area contributed by atoms with E-state index in [2.05, 4.69) is 5.32 Å². The molecule has 6 nitrogen and oxygen atoms in total. The normalized spacial score (nSPS) is 11.0. The molecule has 2 N–H and O–H groups in total. The van der Waals surface area contributed by atoms with Crippen LogP contribution in [0, 0.1) is 0 Å². The number of carboxylic acids is 1. The van der Waals surface area contributed by atoms with Crippen molar-refractivity contribution in [3.63, 3.8) is 0 Å². The highest BCUT2D eigenvalue weighted by molar-refractivity contribution is 8.00. The van der Waals surface area contributed by atoms with Crippen LogP contribution in [0.2, 0.25) is 0 Å². The van der Waals surface area contributed by atoms with Gasteiger partial charge in [-0.1, -0.05) is 42.5 Å². The minimum Gasteiger partial charge on any atom is -0.481 e. The zero-order valence-electron chi connectivity index (χ0n) is 16.6. The smallest absolute Gasteiger partial charge is 0.303 e. The maximum Gasteiger partial charge on any atom is 0.303 e. The molecule has 31 heavy (non-hydrogen) atoms. The van der Waals surface area contributed by atoms with Crippen LogP contribution in [0.1, 0.15) is 17.6 Å². The maximum absolute atomic E-state index is 13.1. The Morgan fingerprint density at radius 3 is 2.13 bits per heavy atom. The van der Waals surface area contributed by atoms with Crippen LogP contribution in [-0.2, 0) is 9.59 Å².